The number of hydrogen-bond acceptors (Lipinski definition) is 5. The van der Waals surface area contributed by atoms with E-state index < -0.39 is 6.10 Å². The van der Waals surface area contributed by atoms with E-state index in [0.29, 0.717) is 13.0 Å². The molecule has 5 heteroatoms. The van der Waals surface area contributed by atoms with Gasteiger partial charge in [0.15, 0.2) is 0 Å². The van der Waals surface area contributed by atoms with Gasteiger partial charge in [0.2, 0.25) is 0 Å². The number of esters is 1. The largest absolute Gasteiger partial charge is 0.463 e. The molecule has 0 rings (SSSR count). The number of carbonyl (C=O) groups excluding carboxylic acids is 1. The Kier molecular flexibility index (Phi) is 17.7. The Bertz CT molecular complexity index is 304. The standard InChI is InChI=1S/C19H36O5/c20-15-13-11-9-7-5-3-1-2-4-6-8-10-12-14-19(23)24-17-18(22)16-21/h1,3,18,20-22H,2,4-17H2/b3-1-. The maximum Gasteiger partial charge on any atom is 0.305 e. The maximum atomic E-state index is 11.3. The first kappa shape index (κ1) is 23.1. The van der Waals surface area contributed by atoms with E-state index in [1.165, 1.54) is 25.7 Å². The van der Waals surface area contributed by atoms with Gasteiger partial charge in [0.1, 0.15) is 12.7 Å². The van der Waals surface area contributed by atoms with Crippen molar-refractivity contribution in [2.75, 3.05) is 19.8 Å². The number of allylic oxidation sites excluding steroid dienone is 2. The highest BCUT2D eigenvalue weighted by molar-refractivity contribution is 5.69. The normalized spacial score (nSPS) is 12.6. The molecule has 0 aromatic carbocycles. The predicted octanol–water partition coefficient (Wildman–Crippen LogP) is 3.11. The zero-order valence-corrected chi connectivity index (χ0v) is 15.0. The van der Waals surface area contributed by atoms with Gasteiger partial charge in [-0.25, -0.2) is 0 Å². The van der Waals surface area contributed by atoms with Crippen molar-refractivity contribution in [3.8, 4) is 0 Å². The van der Waals surface area contributed by atoms with Gasteiger partial charge in [-0.3, -0.25) is 4.79 Å². The van der Waals surface area contributed by atoms with E-state index in [-0.39, 0.29) is 19.2 Å². The van der Waals surface area contributed by atoms with Crippen LogP contribution in [0.2, 0.25) is 0 Å². The van der Waals surface area contributed by atoms with Crippen LogP contribution in [0.3, 0.4) is 0 Å². The second-order valence-electron chi connectivity index (χ2n) is 6.22. The molecule has 0 aliphatic heterocycles. The summed E-state index contributed by atoms with van der Waals surface area (Å²) in [4.78, 5) is 11.3. The van der Waals surface area contributed by atoms with Crippen LogP contribution in [0.5, 0.6) is 0 Å². The van der Waals surface area contributed by atoms with Crippen molar-refractivity contribution < 1.29 is 24.9 Å². The zero-order valence-electron chi connectivity index (χ0n) is 15.0. The van der Waals surface area contributed by atoms with Crippen LogP contribution >= 0.6 is 0 Å². The molecule has 0 aliphatic rings. The summed E-state index contributed by atoms with van der Waals surface area (Å²) >= 11 is 0. The summed E-state index contributed by atoms with van der Waals surface area (Å²) in [6.45, 7) is -0.196. The number of aliphatic hydroxyl groups excluding tert-OH is 3. The molecule has 0 saturated heterocycles. The summed E-state index contributed by atoms with van der Waals surface area (Å²) < 4.78 is 4.84. The van der Waals surface area contributed by atoms with Crippen LogP contribution < -0.4 is 0 Å². The fraction of sp³-hybridized carbons (Fsp3) is 0.842. The number of ether oxygens (including phenoxy) is 1. The molecule has 0 aliphatic carbocycles. The van der Waals surface area contributed by atoms with Gasteiger partial charge >= 0.3 is 5.97 Å². The van der Waals surface area contributed by atoms with E-state index in [4.69, 9.17) is 20.1 Å². The minimum Gasteiger partial charge on any atom is -0.463 e. The van der Waals surface area contributed by atoms with Gasteiger partial charge in [0, 0.05) is 13.0 Å². The summed E-state index contributed by atoms with van der Waals surface area (Å²) in [7, 11) is 0. The topological polar surface area (TPSA) is 87.0 Å². The average Bonchev–Trinajstić information content (AvgIpc) is 2.59. The Balaban J connectivity index is 3.23. The van der Waals surface area contributed by atoms with Crippen molar-refractivity contribution in [2.24, 2.45) is 0 Å². The van der Waals surface area contributed by atoms with E-state index in [1.54, 1.807) is 0 Å². The molecule has 0 radical (unpaired) electrons. The molecule has 3 N–H and O–H groups in total. The summed E-state index contributed by atoms with van der Waals surface area (Å²) in [6.07, 6.45) is 16.0. The van der Waals surface area contributed by atoms with Gasteiger partial charge in [-0.1, -0.05) is 44.3 Å². The number of rotatable bonds is 17. The SMILES string of the molecule is O=C(CCCCCCC/C=C\CCCCCCO)OCC(O)CO. The first-order chi connectivity index (χ1) is 11.7. The molecule has 0 heterocycles. The second kappa shape index (κ2) is 18.4. The molecule has 0 fully saturated rings. The van der Waals surface area contributed by atoms with Crippen LogP contribution in [0.4, 0.5) is 0 Å². The van der Waals surface area contributed by atoms with Crippen molar-refractivity contribution >= 4 is 5.97 Å². The van der Waals surface area contributed by atoms with Crippen LogP contribution in [0.15, 0.2) is 12.2 Å². The lowest BCUT2D eigenvalue weighted by Crippen LogP contribution is -2.21. The summed E-state index contributed by atoms with van der Waals surface area (Å²) in [5, 5.41) is 26.3. The number of aliphatic hydroxyl groups is 3. The third kappa shape index (κ3) is 17.4. The lowest BCUT2D eigenvalue weighted by Gasteiger charge is -2.08. The van der Waals surface area contributed by atoms with E-state index in [1.807, 2.05) is 0 Å². The molecular formula is C19H36O5. The number of carbonyl (C=O) groups is 1. The van der Waals surface area contributed by atoms with E-state index >= 15 is 0 Å². The third-order valence-corrected chi connectivity index (χ3v) is 3.84. The first-order valence-electron chi connectivity index (χ1n) is 9.41. The minimum atomic E-state index is -0.970. The van der Waals surface area contributed by atoms with Crippen molar-refractivity contribution in [3.63, 3.8) is 0 Å². The molecule has 0 aromatic heterocycles. The summed E-state index contributed by atoms with van der Waals surface area (Å²) in [5.41, 5.74) is 0. The quantitative estimate of drug-likeness (QED) is 0.214. The van der Waals surface area contributed by atoms with Crippen LogP contribution in [0.25, 0.3) is 0 Å². The molecule has 0 saturated carbocycles. The van der Waals surface area contributed by atoms with Crippen molar-refractivity contribution in [1.29, 1.82) is 0 Å². The van der Waals surface area contributed by atoms with E-state index in [2.05, 4.69) is 12.2 Å². The molecule has 0 aromatic rings. The molecule has 5 nitrogen and oxygen atoms in total. The average molecular weight is 344 g/mol. The first-order valence-corrected chi connectivity index (χ1v) is 9.41. The van der Waals surface area contributed by atoms with Crippen LogP contribution in [-0.4, -0.2) is 47.2 Å². The van der Waals surface area contributed by atoms with Gasteiger partial charge in [-0.15, -0.1) is 0 Å². The molecular weight excluding hydrogens is 308 g/mol. The second-order valence-corrected chi connectivity index (χ2v) is 6.22. The predicted molar refractivity (Wildman–Crippen MR) is 95.7 cm³/mol. The van der Waals surface area contributed by atoms with Gasteiger partial charge in [0.05, 0.1) is 6.61 Å². The number of unbranched alkanes of at least 4 members (excludes halogenated alkanes) is 9. The Morgan fingerprint density at radius 2 is 1.38 bits per heavy atom. The van der Waals surface area contributed by atoms with Crippen LogP contribution in [0, 0.1) is 0 Å². The highest BCUT2D eigenvalue weighted by Crippen LogP contribution is 2.09. The van der Waals surface area contributed by atoms with E-state index in [0.717, 1.165) is 44.9 Å². The highest BCUT2D eigenvalue weighted by Gasteiger charge is 2.07. The minimum absolute atomic E-state index is 0.122. The number of hydrogen-bond donors (Lipinski definition) is 3. The van der Waals surface area contributed by atoms with Crippen molar-refractivity contribution in [2.45, 2.75) is 83.2 Å². The maximum absolute atomic E-state index is 11.3. The van der Waals surface area contributed by atoms with Crippen LogP contribution in [-0.2, 0) is 9.53 Å². The Morgan fingerprint density at radius 3 is 1.96 bits per heavy atom. The monoisotopic (exact) mass is 344 g/mol. The van der Waals surface area contributed by atoms with E-state index in [9.17, 15) is 4.79 Å². The molecule has 0 amide bonds. The molecule has 0 bridgehead atoms. The summed E-state index contributed by atoms with van der Waals surface area (Å²) in [6, 6.07) is 0. The highest BCUT2D eigenvalue weighted by atomic mass is 16.5. The lowest BCUT2D eigenvalue weighted by molar-refractivity contribution is -0.147. The molecule has 1 unspecified atom stereocenters. The van der Waals surface area contributed by atoms with Gasteiger partial charge in [-0.2, -0.15) is 0 Å². The molecule has 24 heavy (non-hydrogen) atoms. The van der Waals surface area contributed by atoms with Gasteiger partial charge in [-0.05, 0) is 38.5 Å². The lowest BCUT2D eigenvalue weighted by atomic mass is 10.1. The Hall–Kier alpha value is -0.910. The Labute approximate surface area is 146 Å². The fourth-order valence-corrected chi connectivity index (χ4v) is 2.34. The van der Waals surface area contributed by atoms with Crippen molar-refractivity contribution in [3.05, 3.63) is 12.2 Å². The third-order valence-electron chi connectivity index (χ3n) is 3.84. The molecule has 1 atom stereocenters. The zero-order chi connectivity index (χ0) is 17.9. The Morgan fingerprint density at radius 1 is 0.833 bits per heavy atom. The molecule has 0 spiro atoms. The summed E-state index contributed by atoms with van der Waals surface area (Å²) in [5.74, 6) is -0.301. The molecule has 142 valence electrons. The smallest absolute Gasteiger partial charge is 0.305 e. The van der Waals surface area contributed by atoms with Gasteiger partial charge < -0.3 is 20.1 Å². The van der Waals surface area contributed by atoms with Gasteiger partial charge in [0.25, 0.3) is 0 Å². The van der Waals surface area contributed by atoms with Crippen molar-refractivity contribution in [1.82, 2.24) is 0 Å². The fourth-order valence-electron chi connectivity index (χ4n) is 2.34. The van der Waals surface area contributed by atoms with Crippen LogP contribution in [0.1, 0.15) is 77.0 Å².